The van der Waals surface area contributed by atoms with Crippen molar-refractivity contribution in [3.63, 3.8) is 0 Å². The van der Waals surface area contributed by atoms with Crippen molar-refractivity contribution in [1.82, 2.24) is 9.97 Å². The second-order valence-electron chi connectivity index (χ2n) is 11.2. The molecule has 0 fully saturated rings. The van der Waals surface area contributed by atoms with Gasteiger partial charge >= 0.3 is 0 Å². The first-order valence-electron chi connectivity index (χ1n) is 14.0. The molecule has 40 heavy (non-hydrogen) atoms. The number of rotatable bonds is 2. The molecule has 0 aliphatic heterocycles. The second kappa shape index (κ2) is 11.1. The van der Waals surface area contributed by atoms with E-state index in [2.05, 4.69) is 133 Å². The summed E-state index contributed by atoms with van der Waals surface area (Å²) < 4.78 is 0. The van der Waals surface area contributed by atoms with Crippen LogP contribution in [0, 0.1) is 55.4 Å². The minimum atomic E-state index is 1.08. The van der Waals surface area contributed by atoms with E-state index in [0.29, 0.717) is 0 Å². The SMILES string of the molecule is Cc1cc(-c2ncc(C)c3ccccc23)cc(C)c1C.Cc1cc(C)c(-c2ncc(C)c3ccccc23)cc1C. The van der Waals surface area contributed by atoms with Gasteiger partial charge in [0.25, 0.3) is 0 Å². The fourth-order valence-electron chi connectivity index (χ4n) is 5.50. The number of aryl methyl sites for hydroxylation is 7. The standard InChI is InChI=1S/2C19H19N/c1-12-9-16(10-13(2)15(12)4)19-18-8-6-5-7-17(18)14(3)11-20-19;1-12-9-14(3)18(10-13(12)2)19-17-8-6-5-7-16(17)15(4)11-20-19/h2*5-11H,1-4H3. The highest BCUT2D eigenvalue weighted by Gasteiger charge is 2.11. The highest BCUT2D eigenvalue weighted by molar-refractivity contribution is 5.97. The topological polar surface area (TPSA) is 25.8 Å². The summed E-state index contributed by atoms with van der Waals surface area (Å²) in [7, 11) is 0. The largest absolute Gasteiger partial charge is 0.255 e. The smallest absolute Gasteiger partial charge is 0.0783 e. The Bertz CT molecular complexity index is 1850. The molecule has 2 aromatic heterocycles. The van der Waals surface area contributed by atoms with Gasteiger partial charge in [0.1, 0.15) is 0 Å². The summed E-state index contributed by atoms with van der Waals surface area (Å²) in [5, 5.41) is 5.04. The zero-order valence-corrected chi connectivity index (χ0v) is 25.0. The number of benzene rings is 4. The second-order valence-corrected chi connectivity index (χ2v) is 11.2. The number of pyridine rings is 2. The maximum absolute atomic E-state index is 4.71. The highest BCUT2D eigenvalue weighted by atomic mass is 14.7. The first kappa shape index (κ1) is 27.3. The van der Waals surface area contributed by atoms with Crippen molar-refractivity contribution in [3.05, 3.63) is 130 Å². The third-order valence-electron chi connectivity index (χ3n) is 8.28. The van der Waals surface area contributed by atoms with Crippen LogP contribution in [0.3, 0.4) is 0 Å². The summed E-state index contributed by atoms with van der Waals surface area (Å²) in [4.78, 5) is 9.40. The molecule has 4 aromatic carbocycles. The van der Waals surface area contributed by atoms with Crippen LogP contribution in [0.5, 0.6) is 0 Å². The molecule has 2 heterocycles. The predicted octanol–water partition coefficient (Wildman–Crippen LogP) is 10.3. The van der Waals surface area contributed by atoms with E-state index in [0.717, 1.165) is 11.4 Å². The average molecular weight is 523 g/mol. The zero-order valence-electron chi connectivity index (χ0n) is 25.0. The molecule has 0 aliphatic rings. The predicted molar refractivity (Wildman–Crippen MR) is 172 cm³/mol. The summed E-state index contributed by atoms with van der Waals surface area (Å²) in [5.41, 5.74) is 15.0. The lowest BCUT2D eigenvalue weighted by atomic mass is 9.95. The van der Waals surface area contributed by atoms with E-state index in [9.17, 15) is 0 Å². The molecule has 2 heteroatoms. The summed E-state index contributed by atoms with van der Waals surface area (Å²) in [6, 6.07) is 26.0. The van der Waals surface area contributed by atoms with Gasteiger partial charge in [-0.05, 0) is 129 Å². The Hall–Kier alpha value is -4.30. The maximum atomic E-state index is 4.71. The lowest BCUT2D eigenvalue weighted by Gasteiger charge is -2.13. The fourth-order valence-corrected chi connectivity index (χ4v) is 5.50. The Morgan fingerprint density at radius 1 is 0.400 bits per heavy atom. The van der Waals surface area contributed by atoms with E-state index < -0.39 is 0 Å². The van der Waals surface area contributed by atoms with Gasteiger partial charge in [0.15, 0.2) is 0 Å². The first-order valence-corrected chi connectivity index (χ1v) is 14.0. The Morgan fingerprint density at radius 3 is 1.40 bits per heavy atom. The van der Waals surface area contributed by atoms with Crippen LogP contribution < -0.4 is 0 Å². The van der Waals surface area contributed by atoms with Gasteiger partial charge in [-0.15, -0.1) is 0 Å². The van der Waals surface area contributed by atoms with Crippen LogP contribution in [0.2, 0.25) is 0 Å². The van der Waals surface area contributed by atoms with E-state index in [4.69, 9.17) is 4.98 Å². The van der Waals surface area contributed by atoms with Gasteiger partial charge in [0.05, 0.1) is 11.4 Å². The lowest BCUT2D eigenvalue weighted by molar-refractivity contribution is 1.25. The number of fused-ring (bicyclic) bond motifs is 2. The van der Waals surface area contributed by atoms with E-state index in [1.54, 1.807) is 0 Å². The van der Waals surface area contributed by atoms with Crippen LogP contribution in [-0.4, -0.2) is 9.97 Å². The number of aromatic nitrogens is 2. The quantitative estimate of drug-likeness (QED) is 0.226. The zero-order chi connectivity index (χ0) is 28.6. The van der Waals surface area contributed by atoms with Crippen molar-refractivity contribution in [2.24, 2.45) is 0 Å². The van der Waals surface area contributed by atoms with Crippen molar-refractivity contribution in [1.29, 1.82) is 0 Å². The normalized spacial score (nSPS) is 11.0. The van der Waals surface area contributed by atoms with Crippen molar-refractivity contribution >= 4 is 21.5 Å². The van der Waals surface area contributed by atoms with Gasteiger partial charge in [-0.2, -0.15) is 0 Å². The van der Waals surface area contributed by atoms with E-state index in [1.807, 2.05) is 12.4 Å². The molecular formula is C38H38N2. The molecule has 2 nitrogen and oxygen atoms in total. The van der Waals surface area contributed by atoms with Crippen molar-refractivity contribution in [2.45, 2.75) is 55.4 Å². The Morgan fingerprint density at radius 2 is 0.850 bits per heavy atom. The third-order valence-corrected chi connectivity index (χ3v) is 8.28. The summed E-state index contributed by atoms with van der Waals surface area (Å²) in [5.74, 6) is 0. The summed E-state index contributed by atoms with van der Waals surface area (Å²) >= 11 is 0. The molecule has 200 valence electrons. The first-order chi connectivity index (χ1) is 19.2. The van der Waals surface area contributed by atoms with Gasteiger partial charge < -0.3 is 0 Å². The van der Waals surface area contributed by atoms with Crippen LogP contribution >= 0.6 is 0 Å². The van der Waals surface area contributed by atoms with E-state index >= 15 is 0 Å². The summed E-state index contributed by atoms with van der Waals surface area (Å²) in [6.45, 7) is 17.2. The minimum absolute atomic E-state index is 1.08. The molecule has 0 radical (unpaired) electrons. The molecule has 0 spiro atoms. The van der Waals surface area contributed by atoms with Gasteiger partial charge in [-0.25, -0.2) is 0 Å². The average Bonchev–Trinajstić information content (AvgIpc) is 2.95. The summed E-state index contributed by atoms with van der Waals surface area (Å²) in [6.07, 6.45) is 3.95. The molecule has 0 N–H and O–H groups in total. The Kier molecular flexibility index (Phi) is 7.54. The minimum Gasteiger partial charge on any atom is -0.255 e. The van der Waals surface area contributed by atoms with Gasteiger partial charge in [-0.1, -0.05) is 54.6 Å². The molecule has 0 aliphatic carbocycles. The molecule has 0 saturated carbocycles. The molecule has 6 aromatic rings. The molecule has 0 saturated heterocycles. The maximum Gasteiger partial charge on any atom is 0.0783 e. The van der Waals surface area contributed by atoms with Crippen LogP contribution in [0.15, 0.2) is 85.2 Å². The van der Waals surface area contributed by atoms with Crippen molar-refractivity contribution in [3.8, 4) is 22.5 Å². The highest BCUT2D eigenvalue weighted by Crippen LogP contribution is 2.32. The fraction of sp³-hybridized carbons (Fsp3) is 0.211. The number of hydrogen-bond donors (Lipinski definition) is 0. The van der Waals surface area contributed by atoms with Crippen molar-refractivity contribution in [2.75, 3.05) is 0 Å². The molecule has 0 amide bonds. The van der Waals surface area contributed by atoms with Gasteiger partial charge in [0, 0.05) is 34.3 Å². The molecule has 0 unspecified atom stereocenters. The Balaban J connectivity index is 0.000000161. The lowest BCUT2D eigenvalue weighted by Crippen LogP contribution is -1.93. The van der Waals surface area contributed by atoms with Crippen LogP contribution in [-0.2, 0) is 0 Å². The molecule has 6 rings (SSSR count). The van der Waals surface area contributed by atoms with Gasteiger partial charge in [0.2, 0.25) is 0 Å². The molecular weight excluding hydrogens is 484 g/mol. The van der Waals surface area contributed by atoms with Crippen LogP contribution in [0.4, 0.5) is 0 Å². The number of nitrogens with zero attached hydrogens (tertiary/aromatic N) is 2. The molecule has 0 bridgehead atoms. The third kappa shape index (κ3) is 5.14. The van der Waals surface area contributed by atoms with E-state index in [-0.39, 0.29) is 0 Å². The molecule has 0 atom stereocenters. The van der Waals surface area contributed by atoms with Gasteiger partial charge in [-0.3, -0.25) is 9.97 Å². The van der Waals surface area contributed by atoms with Crippen LogP contribution in [0.25, 0.3) is 44.1 Å². The Labute approximate surface area is 238 Å². The van der Waals surface area contributed by atoms with Crippen LogP contribution in [0.1, 0.15) is 44.5 Å². The van der Waals surface area contributed by atoms with Crippen molar-refractivity contribution < 1.29 is 0 Å². The van der Waals surface area contributed by atoms with E-state index in [1.165, 1.54) is 77.2 Å². The monoisotopic (exact) mass is 522 g/mol. The number of hydrogen-bond acceptors (Lipinski definition) is 2.